The third-order valence-electron chi connectivity index (χ3n) is 3.16. The molecule has 4 rings (SSSR count). The van der Waals surface area contributed by atoms with Crippen LogP contribution >= 0.6 is 11.3 Å². The maximum Gasteiger partial charge on any atom is 0.235 e. The molecule has 0 aliphatic rings. The van der Waals surface area contributed by atoms with Crippen LogP contribution in [-0.2, 0) is 0 Å². The van der Waals surface area contributed by atoms with Crippen LogP contribution in [0.3, 0.4) is 0 Å². The predicted molar refractivity (Wildman–Crippen MR) is 87.3 cm³/mol. The number of nitrogens with zero attached hydrogens (tertiary/aromatic N) is 5. The third kappa shape index (κ3) is 2.40. The number of fused-ring (bicyclic) bond motifs is 1. The molecule has 0 fully saturated rings. The Hall–Kier alpha value is -2.86. The topological polar surface area (TPSA) is 56.0 Å². The van der Waals surface area contributed by atoms with Gasteiger partial charge in [0.05, 0.1) is 0 Å². The molecule has 106 valence electrons. The molecule has 22 heavy (non-hydrogen) atoms. The van der Waals surface area contributed by atoms with Gasteiger partial charge in [-0.3, -0.25) is 4.98 Å². The van der Waals surface area contributed by atoms with E-state index in [9.17, 15) is 0 Å². The molecule has 0 saturated heterocycles. The van der Waals surface area contributed by atoms with Crippen molar-refractivity contribution >= 4 is 28.4 Å². The average Bonchev–Trinajstić information content (AvgIpc) is 3.15. The van der Waals surface area contributed by atoms with Crippen molar-refractivity contribution in [2.24, 2.45) is 0 Å². The van der Waals surface area contributed by atoms with E-state index in [-0.39, 0.29) is 0 Å². The molecule has 0 amide bonds. The average molecular weight is 305 g/mol. The monoisotopic (exact) mass is 305 g/mol. The number of hydrogen-bond acceptors (Lipinski definition) is 5. The van der Waals surface area contributed by atoms with Crippen LogP contribution in [0.2, 0.25) is 0 Å². The highest BCUT2D eigenvalue weighted by atomic mass is 32.1. The second-order valence-electron chi connectivity index (χ2n) is 4.64. The number of benzene rings is 1. The molecule has 3 aromatic heterocycles. The zero-order valence-electron chi connectivity index (χ0n) is 11.5. The van der Waals surface area contributed by atoms with Crippen LogP contribution in [-0.4, -0.2) is 24.8 Å². The Labute approximate surface area is 130 Å². The van der Waals surface area contributed by atoms with Gasteiger partial charge in [-0.05, 0) is 23.8 Å². The zero-order valence-corrected chi connectivity index (χ0v) is 12.3. The molecule has 0 unspecified atom stereocenters. The molecule has 0 bridgehead atoms. The number of hydrogen-bond donors (Lipinski definition) is 0. The molecule has 0 atom stereocenters. The molecular weight excluding hydrogens is 294 g/mol. The highest BCUT2D eigenvalue weighted by Gasteiger charge is 2.11. The van der Waals surface area contributed by atoms with Crippen LogP contribution in [0.15, 0.2) is 54.9 Å². The van der Waals surface area contributed by atoms with Crippen LogP contribution in [0.1, 0.15) is 10.6 Å². The number of rotatable bonds is 3. The Morgan fingerprint density at radius 2 is 1.73 bits per heavy atom. The first-order valence-electron chi connectivity index (χ1n) is 6.76. The highest BCUT2D eigenvalue weighted by molar-refractivity contribution is 7.17. The van der Waals surface area contributed by atoms with Gasteiger partial charge in [-0.1, -0.05) is 47.7 Å². The SMILES string of the molecule is C(=C/c1nn2c(-c3ccncc3)nnc2s1)/c1ccccc1. The maximum absolute atomic E-state index is 4.57. The Kier molecular flexibility index (Phi) is 3.21. The minimum absolute atomic E-state index is 0.730. The van der Waals surface area contributed by atoms with Crippen LogP contribution in [0.5, 0.6) is 0 Å². The lowest BCUT2D eigenvalue weighted by Crippen LogP contribution is -1.90. The van der Waals surface area contributed by atoms with Gasteiger partial charge in [-0.25, -0.2) is 0 Å². The molecule has 0 N–H and O–H groups in total. The standard InChI is InChI=1S/C16H11N5S/c1-2-4-12(5-3-1)6-7-14-20-21-15(18-19-16(21)22-14)13-8-10-17-11-9-13/h1-11H/b7-6-. The van der Waals surface area contributed by atoms with Crippen molar-refractivity contribution in [2.45, 2.75) is 0 Å². The Bertz CT molecular complexity index is 925. The molecule has 0 saturated carbocycles. The van der Waals surface area contributed by atoms with Crippen molar-refractivity contribution in [1.29, 1.82) is 0 Å². The van der Waals surface area contributed by atoms with E-state index < -0.39 is 0 Å². The van der Waals surface area contributed by atoms with E-state index in [4.69, 9.17) is 0 Å². The van der Waals surface area contributed by atoms with Crippen LogP contribution in [0.4, 0.5) is 0 Å². The van der Waals surface area contributed by atoms with Gasteiger partial charge in [-0.2, -0.15) is 9.61 Å². The van der Waals surface area contributed by atoms with Crippen molar-refractivity contribution in [3.05, 3.63) is 65.4 Å². The molecule has 0 spiro atoms. The predicted octanol–water partition coefficient (Wildman–Crippen LogP) is 3.42. The summed E-state index contributed by atoms with van der Waals surface area (Å²) in [6.07, 6.45) is 7.50. The normalized spacial score (nSPS) is 11.5. The minimum Gasteiger partial charge on any atom is -0.265 e. The van der Waals surface area contributed by atoms with Gasteiger partial charge in [0.1, 0.15) is 5.01 Å². The quantitative estimate of drug-likeness (QED) is 0.582. The molecule has 6 heteroatoms. The van der Waals surface area contributed by atoms with Gasteiger partial charge in [-0.15, -0.1) is 10.2 Å². The minimum atomic E-state index is 0.730. The number of pyridine rings is 1. The van der Waals surface area contributed by atoms with Gasteiger partial charge in [0.2, 0.25) is 4.96 Å². The van der Waals surface area contributed by atoms with Gasteiger partial charge >= 0.3 is 0 Å². The lowest BCUT2D eigenvalue weighted by atomic mass is 10.2. The highest BCUT2D eigenvalue weighted by Crippen LogP contribution is 2.22. The van der Waals surface area contributed by atoms with E-state index in [1.807, 2.05) is 42.5 Å². The van der Waals surface area contributed by atoms with E-state index in [2.05, 4.69) is 32.4 Å². The Morgan fingerprint density at radius 1 is 0.909 bits per heavy atom. The summed E-state index contributed by atoms with van der Waals surface area (Å²) in [6, 6.07) is 13.9. The summed E-state index contributed by atoms with van der Waals surface area (Å²) in [7, 11) is 0. The Balaban J connectivity index is 1.70. The summed E-state index contributed by atoms with van der Waals surface area (Å²) in [6.45, 7) is 0. The fourth-order valence-corrected chi connectivity index (χ4v) is 2.85. The van der Waals surface area contributed by atoms with Crippen LogP contribution in [0.25, 0.3) is 28.5 Å². The largest absolute Gasteiger partial charge is 0.265 e. The molecule has 0 aliphatic heterocycles. The summed E-state index contributed by atoms with van der Waals surface area (Å²) >= 11 is 1.51. The van der Waals surface area contributed by atoms with E-state index >= 15 is 0 Å². The van der Waals surface area contributed by atoms with E-state index in [1.165, 1.54) is 11.3 Å². The van der Waals surface area contributed by atoms with Crippen molar-refractivity contribution in [3.8, 4) is 11.4 Å². The molecule has 3 heterocycles. The molecular formula is C16H11N5S. The second-order valence-corrected chi connectivity index (χ2v) is 5.63. The summed E-state index contributed by atoms with van der Waals surface area (Å²) in [4.78, 5) is 4.79. The molecule has 0 radical (unpaired) electrons. The van der Waals surface area contributed by atoms with Gasteiger partial charge < -0.3 is 0 Å². The lowest BCUT2D eigenvalue weighted by Gasteiger charge is -1.94. The fourth-order valence-electron chi connectivity index (χ4n) is 2.11. The van der Waals surface area contributed by atoms with Gasteiger partial charge in [0, 0.05) is 18.0 Å². The first-order chi connectivity index (χ1) is 10.9. The molecule has 5 nitrogen and oxygen atoms in total. The smallest absolute Gasteiger partial charge is 0.235 e. The van der Waals surface area contributed by atoms with Crippen molar-refractivity contribution in [3.63, 3.8) is 0 Å². The second kappa shape index (κ2) is 5.50. The summed E-state index contributed by atoms with van der Waals surface area (Å²) in [5.41, 5.74) is 2.09. The Morgan fingerprint density at radius 3 is 2.55 bits per heavy atom. The third-order valence-corrected chi connectivity index (χ3v) is 4.03. The van der Waals surface area contributed by atoms with Crippen molar-refractivity contribution in [1.82, 2.24) is 24.8 Å². The van der Waals surface area contributed by atoms with Crippen LogP contribution < -0.4 is 0 Å². The zero-order chi connectivity index (χ0) is 14.8. The van der Waals surface area contributed by atoms with Crippen LogP contribution in [0, 0.1) is 0 Å². The van der Waals surface area contributed by atoms with Crippen molar-refractivity contribution in [2.75, 3.05) is 0 Å². The van der Waals surface area contributed by atoms with E-state index in [1.54, 1.807) is 16.9 Å². The molecule has 1 aromatic carbocycles. The summed E-state index contributed by atoms with van der Waals surface area (Å²) < 4.78 is 1.77. The lowest BCUT2D eigenvalue weighted by molar-refractivity contribution is 0.959. The van der Waals surface area contributed by atoms with E-state index in [0.29, 0.717) is 0 Å². The number of aromatic nitrogens is 5. The van der Waals surface area contributed by atoms with Crippen molar-refractivity contribution < 1.29 is 0 Å². The summed E-state index contributed by atoms with van der Waals surface area (Å²) in [5, 5.41) is 13.8. The van der Waals surface area contributed by atoms with E-state index in [0.717, 1.165) is 26.9 Å². The van der Waals surface area contributed by atoms with Gasteiger partial charge in [0.25, 0.3) is 0 Å². The maximum atomic E-state index is 4.57. The molecule has 0 aliphatic carbocycles. The summed E-state index contributed by atoms with van der Waals surface area (Å²) in [5.74, 6) is 0.730. The molecule has 4 aromatic rings. The first kappa shape index (κ1) is 12.8. The van der Waals surface area contributed by atoms with Gasteiger partial charge in [0.15, 0.2) is 5.82 Å². The first-order valence-corrected chi connectivity index (χ1v) is 7.57. The fraction of sp³-hybridized carbons (Fsp3) is 0.